The van der Waals surface area contributed by atoms with Gasteiger partial charge in [0, 0.05) is 36.3 Å². The van der Waals surface area contributed by atoms with Gasteiger partial charge in [-0.05, 0) is 43.3 Å². The molecule has 3 aromatic carbocycles. The Kier molecular flexibility index (Phi) is 6.86. The molecule has 1 heterocycles. The van der Waals surface area contributed by atoms with Gasteiger partial charge in [-0.15, -0.1) is 0 Å². The summed E-state index contributed by atoms with van der Waals surface area (Å²) in [5.74, 6) is -0.873. The van der Waals surface area contributed by atoms with Crippen LogP contribution in [0.15, 0.2) is 72.8 Å². The number of Topliss-reactive ketones (excluding diaryl/α,β-unsaturated/α-hetero) is 1. The van der Waals surface area contributed by atoms with Crippen LogP contribution in [0.3, 0.4) is 0 Å². The topological polar surface area (TPSA) is 116 Å². The SMILES string of the molecule is Cc1ccc(Oc2ccc(N3C[C@H](C(=O)OCC(=O)c4cccc([N+](=O)[O-])c4)CC3=O)cc2)cc1. The largest absolute Gasteiger partial charge is 0.457 e. The first-order chi connectivity index (χ1) is 16.8. The first-order valence-corrected chi connectivity index (χ1v) is 10.9. The molecule has 1 aliphatic heterocycles. The highest BCUT2D eigenvalue weighted by atomic mass is 16.6. The van der Waals surface area contributed by atoms with E-state index >= 15 is 0 Å². The Bertz CT molecular complexity index is 1270. The number of hydrogen-bond donors (Lipinski definition) is 0. The number of carbonyl (C=O) groups is 3. The molecule has 0 N–H and O–H groups in total. The molecule has 3 aromatic rings. The second-order valence-corrected chi connectivity index (χ2v) is 8.15. The van der Waals surface area contributed by atoms with Crippen molar-refractivity contribution in [3.8, 4) is 11.5 Å². The lowest BCUT2D eigenvalue weighted by Crippen LogP contribution is -2.27. The van der Waals surface area contributed by atoms with Gasteiger partial charge in [0.2, 0.25) is 11.7 Å². The summed E-state index contributed by atoms with van der Waals surface area (Å²) in [7, 11) is 0. The summed E-state index contributed by atoms with van der Waals surface area (Å²) in [5, 5.41) is 10.9. The molecule has 1 atom stereocenters. The molecular formula is C26H22N2O7. The standard InChI is InChI=1S/C26H22N2O7/c1-17-5-9-22(10-6-17)35-23-11-7-20(8-12-23)27-15-19(14-25(27)30)26(31)34-16-24(29)18-3-2-4-21(13-18)28(32)33/h2-13,19H,14-16H2,1H3/t19-/m1/s1. The van der Waals surface area contributed by atoms with Gasteiger partial charge in [-0.25, -0.2) is 0 Å². The lowest BCUT2D eigenvalue weighted by molar-refractivity contribution is -0.384. The molecular weight excluding hydrogens is 452 g/mol. The van der Waals surface area contributed by atoms with Gasteiger partial charge in [0.15, 0.2) is 6.61 Å². The minimum Gasteiger partial charge on any atom is -0.457 e. The molecule has 1 saturated heterocycles. The van der Waals surface area contributed by atoms with E-state index in [1.165, 1.54) is 23.1 Å². The average molecular weight is 474 g/mol. The molecule has 4 rings (SSSR count). The zero-order valence-electron chi connectivity index (χ0n) is 18.9. The van der Waals surface area contributed by atoms with E-state index in [-0.39, 0.29) is 30.1 Å². The predicted molar refractivity (Wildman–Crippen MR) is 127 cm³/mol. The molecule has 0 unspecified atom stereocenters. The highest BCUT2D eigenvalue weighted by molar-refractivity contribution is 6.01. The fraction of sp³-hybridized carbons (Fsp3) is 0.192. The van der Waals surface area contributed by atoms with E-state index < -0.39 is 29.2 Å². The van der Waals surface area contributed by atoms with E-state index in [9.17, 15) is 24.5 Å². The van der Waals surface area contributed by atoms with Crippen LogP contribution in [0, 0.1) is 23.0 Å². The van der Waals surface area contributed by atoms with Crippen molar-refractivity contribution >= 4 is 29.0 Å². The quantitative estimate of drug-likeness (QED) is 0.205. The third-order valence-electron chi connectivity index (χ3n) is 5.59. The number of non-ortho nitro benzene ring substituents is 1. The molecule has 1 amide bonds. The molecule has 1 fully saturated rings. The number of nitro benzene ring substituents is 1. The molecule has 0 aromatic heterocycles. The van der Waals surface area contributed by atoms with Crippen LogP contribution >= 0.6 is 0 Å². The number of rotatable bonds is 8. The number of nitro groups is 1. The maximum atomic E-state index is 12.5. The Balaban J connectivity index is 1.33. The summed E-state index contributed by atoms with van der Waals surface area (Å²) < 4.78 is 10.9. The molecule has 9 nitrogen and oxygen atoms in total. The zero-order valence-corrected chi connectivity index (χ0v) is 18.9. The van der Waals surface area contributed by atoms with E-state index in [0.717, 1.165) is 11.6 Å². The van der Waals surface area contributed by atoms with Gasteiger partial charge in [0.25, 0.3) is 5.69 Å². The summed E-state index contributed by atoms with van der Waals surface area (Å²) in [6, 6.07) is 19.8. The van der Waals surface area contributed by atoms with Crippen molar-refractivity contribution in [3.63, 3.8) is 0 Å². The summed E-state index contributed by atoms with van der Waals surface area (Å²) in [6.45, 7) is 1.56. The number of benzene rings is 3. The van der Waals surface area contributed by atoms with Crippen molar-refractivity contribution in [3.05, 3.63) is 94.0 Å². The molecule has 0 aliphatic carbocycles. The molecule has 178 valence electrons. The fourth-order valence-corrected chi connectivity index (χ4v) is 3.68. The number of aryl methyl sites for hydroxylation is 1. The summed E-state index contributed by atoms with van der Waals surface area (Å²) >= 11 is 0. The van der Waals surface area contributed by atoms with E-state index in [1.807, 2.05) is 31.2 Å². The van der Waals surface area contributed by atoms with E-state index in [1.54, 1.807) is 24.3 Å². The zero-order chi connectivity index (χ0) is 24.9. The van der Waals surface area contributed by atoms with Crippen LogP contribution in [0.2, 0.25) is 0 Å². The van der Waals surface area contributed by atoms with Crippen LogP contribution in [-0.4, -0.2) is 35.7 Å². The maximum absolute atomic E-state index is 12.5. The summed E-state index contributed by atoms with van der Waals surface area (Å²) in [5.41, 5.74) is 1.59. The number of nitrogens with zero attached hydrogens (tertiary/aromatic N) is 2. The second kappa shape index (κ2) is 10.2. The summed E-state index contributed by atoms with van der Waals surface area (Å²) in [4.78, 5) is 49.0. The van der Waals surface area contributed by atoms with E-state index in [2.05, 4.69) is 0 Å². The van der Waals surface area contributed by atoms with Gasteiger partial charge >= 0.3 is 5.97 Å². The third-order valence-corrected chi connectivity index (χ3v) is 5.59. The van der Waals surface area contributed by atoms with Gasteiger partial charge in [-0.1, -0.05) is 29.8 Å². The molecule has 1 aliphatic rings. The van der Waals surface area contributed by atoms with Crippen molar-refractivity contribution in [1.82, 2.24) is 0 Å². The Hall–Kier alpha value is -4.53. The maximum Gasteiger partial charge on any atom is 0.311 e. The predicted octanol–water partition coefficient (Wildman–Crippen LogP) is 4.47. The van der Waals surface area contributed by atoms with E-state index in [4.69, 9.17) is 9.47 Å². The van der Waals surface area contributed by atoms with Crippen LogP contribution in [0.1, 0.15) is 22.3 Å². The van der Waals surface area contributed by atoms with Crippen LogP contribution in [0.25, 0.3) is 0 Å². The van der Waals surface area contributed by atoms with Crippen LogP contribution in [0.5, 0.6) is 11.5 Å². The molecule has 0 bridgehead atoms. The first kappa shape index (κ1) is 23.6. The summed E-state index contributed by atoms with van der Waals surface area (Å²) in [6.07, 6.45) is -0.0363. The number of carbonyl (C=O) groups excluding carboxylic acids is 3. The Labute approximate surface area is 201 Å². The highest BCUT2D eigenvalue weighted by Gasteiger charge is 2.36. The number of esters is 1. The lowest BCUT2D eigenvalue weighted by atomic mass is 10.1. The fourth-order valence-electron chi connectivity index (χ4n) is 3.68. The van der Waals surface area contributed by atoms with Crippen LogP contribution in [-0.2, 0) is 14.3 Å². The van der Waals surface area contributed by atoms with Gasteiger partial charge < -0.3 is 14.4 Å². The smallest absolute Gasteiger partial charge is 0.311 e. The molecule has 0 radical (unpaired) electrons. The number of ether oxygens (including phenoxy) is 2. The van der Waals surface area contributed by atoms with Crippen molar-refractivity contribution in [2.75, 3.05) is 18.1 Å². The number of hydrogen-bond acceptors (Lipinski definition) is 7. The molecule has 9 heteroatoms. The number of anilines is 1. The number of ketones is 1. The third kappa shape index (κ3) is 5.70. The Morgan fingerprint density at radius 1 is 1.03 bits per heavy atom. The lowest BCUT2D eigenvalue weighted by Gasteiger charge is -2.17. The van der Waals surface area contributed by atoms with Gasteiger partial charge in [-0.2, -0.15) is 0 Å². The minimum absolute atomic E-state index is 0.0363. The molecule has 0 spiro atoms. The van der Waals surface area contributed by atoms with Gasteiger partial charge in [0.05, 0.1) is 10.8 Å². The van der Waals surface area contributed by atoms with Crippen molar-refractivity contribution in [2.24, 2.45) is 5.92 Å². The average Bonchev–Trinajstić information content (AvgIpc) is 3.26. The van der Waals surface area contributed by atoms with Gasteiger partial charge in [-0.3, -0.25) is 24.5 Å². The normalized spacial score (nSPS) is 15.1. The van der Waals surface area contributed by atoms with Crippen molar-refractivity contribution in [1.29, 1.82) is 0 Å². The monoisotopic (exact) mass is 474 g/mol. The molecule has 35 heavy (non-hydrogen) atoms. The minimum atomic E-state index is -0.719. The second-order valence-electron chi connectivity index (χ2n) is 8.15. The first-order valence-electron chi connectivity index (χ1n) is 10.9. The van der Waals surface area contributed by atoms with Crippen molar-refractivity contribution in [2.45, 2.75) is 13.3 Å². The van der Waals surface area contributed by atoms with Crippen LogP contribution in [0.4, 0.5) is 11.4 Å². The van der Waals surface area contributed by atoms with Gasteiger partial charge in [0.1, 0.15) is 11.5 Å². The van der Waals surface area contributed by atoms with Crippen LogP contribution < -0.4 is 9.64 Å². The van der Waals surface area contributed by atoms with Crippen molar-refractivity contribution < 1.29 is 28.8 Å². The number of amides is 1. The molecule has 0 saturated carbocycles. The Morgan fingerprint density at radius 2 is 1.69 bits per heavy atom. The van der Waals surface area contributed by atoms with E-state index in [0.29, 0.717) is 17.2 Å². The Morgan fingerprint density at radius 3 is 2.34 bits per heavy atom. The highest BCUT2D eigenvalue weighted by Crippen LogP contribution is 2.29.